The molecule has 0 aliphatic heterocycles. The van der Waals surface area contributed by atoms with Crippen molar-refractivity contribution in [3.05, 3.63) is 39.6 Å². The Kier molecular flexibility index (Phi) is 3.96. The van der Waals surface area contributed by atoms with Gasteiger partial charge in [-0.1, -0.05) is 35.3 Å². The predicted octanol–water partition coefficient (Wildman–Crippen LogP) is 3.76. The summed E-state index contributed by atoms with van der Waals surface area (Å²) in [5, 5.41) is 18.3. The standard InChI is InChI=1S/C10H6Cl2FNO/c11-8-3-1-2-6(10(8)12)7(5-14)9(15)4-13/h1-3,15H,4H2/b9-7+. The number of benzene rings is 1. The quantitative estimate of drug-likeness (QED) is 0.637. The van der Waals surface area contributed by atoms with E-state index in [1.807, 2.05) is 0 Å². The summed E-state index contributed by atoms with van der Waals surface area (Å²) >= 11 is 11.5. The number of hydrogen-bond acceptors (Lipinski definition) is 2. The Labute approximate surface area is 96.2 Å². The molecule has 78 valence electrons. The Morgan fingerprint density at radius 2 is 2.13 bits per heavy atom. The van der Waals surface area contributed by atoms with Gasteiger partial charge in [0.05, 0.1) is 10.0 Å². The Morgan fingerprint density at radius 3 is 2.67 bits per heavy atom. The molecule has 0 atom stereocenters. The minimum atomic E-state index is -1.12. The van der Waals surface area contributed by atoms with E-state index >= 15 is 0 Å². The average Bonchev–Trinajstić information content (AvgIpc) is 2.24. The van der Waals surface area contributed by atoms with Crippen molar-refractivity contribution >= 4 is 28.8 Å². The Morgan fingerprint density at radius 1 is 1.47 bits per heavy atom. The Bertz CT molecular complexity index is 451. The summed E-state index contributed by atoms with van der Waals surface area (Å²) in [7, 11) is 0. The fourth-order valence-corrected chi connectivity index (χ4v) is 1.44. The number of nitrogens with zero attached hydrogens (tertiary/aromatic N) is 1. The summed E-state index contributed by atoms with van der Waals surface area (Å²) in [5.74, 6) is -0.651. The second-order valence-corrected chi connectivity index (χ2v) is 3.45. The van der Waals surface area contributed by atoms with Gasteiger partial charge in [-0.15, -0.1) is 0 Å². The van der Waals surface area contributed by atoms with E-state index in [1.165, 1.54) is 12.1 Å². The van der Waals surface area contributed by atoms with Gasteiger partial charge in [0.15, 0.2) is 0 Å². The van der Waals surface area contributed by atoms with Crippen LogP contribution in [0.25, 0.3) is 5.57 Å². The molecule has 0 aliphatic rings. The van der Waals surface area contributed by atoms with Crippen molar-refractivity contribution in [3.63, 3.8) is 0 Å². The molecule has 1 N–H and O–H groups in total. The number of alkyl halides is 1. The third-order valence-corrected chi connectivity index (χ3v) is 2.57. The van der Waals surface area contributed by atoms with Crippen molar-refractivity contribution in [2.24, 2.45) is 0 Å². The monoisotopic (exact) mass is 245 g/mol. The highest BCUT2D eigenvalue weighted by Gasteiger charge is 2.13. The fraction of sp³-hybridized carbons (Fsp3) is 0.100. The SMILES string of the molecule is N#C/C(=C(\O)CF)c1cccc(Cl)c1Cl. The Balaban J connectivity index is 3.40. The molecule has 0 amide bonds. The maximum atomic E-state index is 12.2. The molecule has 2 nitrogen and oxygen atoms in total. The van der Waals surface area contributed by atoms with Crippen LogP contribution < -0.4 is 0 Å². The van der Waals surface area contributed by atoms with Crippen LogP contribution in [0.1, 0.15) is 5.56 Å². The van der Waals surface area contributed by atoms with Crippen molar-refractivity contribution in [2.75, 3.05) is 6.67 Å². The lowest BCUT2D eigenvalue weighted by Crippen LogP contribution is -1.92. The molecule has 5 heteroatoms. The lowest BCUT2D eigenvalue weighted by atomic mass is 10.1. The summed E-state index contributed by atoms with van der Waals surface area (Å²) in [6, 6.07) is 6.27. The van der Waals surface area contributed by atoms with Gasteiger partial charge >= 0.3 is 0 Å². The van der Waals surface area contributed by atoms with Gasteiger partial charge in [-0.3, -0.25) is 0 Å². The van der Waals surface area contributed by atoms with E-state index in [-0.39, 0.29) is 21.2 Å². The minimum absolute atomic E-state index is 0.121. The van der Waals surface area contributed by atoms with E-state index in [1.54, 1.807) is 12.1 Å². The Hall–Kier alpha value is -1.24. The van der Waals surface area contributed by atoms with Gasteiger partial charge in [0.25, 0.3) is 0 Å². The third-order valence-electron chi connectivity index (χ3n) is 1.75. The van der Waals surface area contributed by atoms with Crippen LogP contribution in [0.4, 0.5) is 4.39 Å². The van der Waals surface area contributed by atoms with E-state index in [9.17, 15) is 4.39 Å². The number of aliphatic hydroxyl groups excluding tert-OH is 1. The molecule has 0 heterocycles. The molecule has 0 unspecified atom stereocenters. The first kappa shape index (κ1) is 11.8. The molecule has 15 heavy (non-hydrogen) atoms. The molecule has 0 saturated carbocycles. The lowest BCUT2D eigenvalue weighted by Gasteiger charge is -2.05. The van der Waals surface area contributed by atoms with E-state index in [0.29, 0.717) is 0 Å². The van der Waals surface area contributed by atoms with E-state index in [2.05, 4.69) is 0 Å². The van der Waals surface area contributed by atoms with Gasteiger partial charge in [0, 0.05) is 5.56 Å². The van der Waals surface area contributed by atoms with Gasteiger partial charge in [0.1, 0.15) is 24.1 Å². The van der Waals surface area contributed by atoms with Crippen LogP contribution in [0, 0.1) is 11.3 Å². The average molecular weight is 246 g/mol. The number of hydrogen-bond donors (Lipinski definition) is 1. The molecule has 0 aliphatic carbocycles. The van der Waals surface area contributed by atoms with Crippen LogP contribution in [-0.2, 0) is 0 Å². The normalized spacial score (nSPS) is 11.9. The first-order valence-electron chi connectivity index (χ1n) is 3.94. The molecule has 1 rings (SSSR count). The number of allylic oxidation sites excluding steroid dienone is 2. The molecule has 0 saturated heterocycles. The van der Waals surface area contributed by atoms with Gasteiger partial charge in [-0.2, -0.15) is 5.26 Å². The molecular formula is C10H6Cl2FNO. The topological polar surface area (TPSA) is 44.0 Å². The molecule has 0 fully saturated rings. The molecule has 0 radical (unpaired) electrons. The zero-order valence-corrected chi connectivity index (χ0v) is 8.98. The number of aliphatic hydroxyl groups is 1. The summed E-state index contributed by atoms with van der Waals surface area (Å²) in [6.45, 7) is -1.12. The highest BCUT2D eigenvalue weighted by molar-refractivity contribution is 6.43. The number of rotatable bonds is 2. The van der Waals surface area contributed by atoms with Crippen molar-refractivity contribution < 1.29 is 9.50 Å². The van der Waals surface area contributed by atoms with Crippen LogP contribution in [0.3, 0.4) is 0 Å². The molecule has 1 aromatic carbocycles. The van der Waals surface area contributed by atoms with E-state index < -0.39 is 12.4 Å². The fourth-order valence-electron chi connectivity index (χ4n) is 1.04. The highest BCUT2D eigenvalue weighted by atomic mass is 35.5. The first-order valence-corrected chi connectivity index (χ1v) is 4.70. The van der Waals surface area contributed by atoms with Crippen molar-refractivity contribution in [1.29, 1.82) is 5.26 Å². The summed E-state index contributed by atoms with van der Waals surface area (Å²) < 4.78 is 12.2. The van der Waals surface area contributed by atoms with Crippen LogP contribution in [0.5, 0.6) is 0 Å². The molecule has 0 spiro atoms. The maximum absolute atomic E-state index is 12.2. The van der Waals surface area contributed by atoms with Gasteiger partial charge in [-0.25, -0.2) is 4.39 Å². The van der Waals surface area contributed by atoms with Crippen molar-refractivity contribution in [2.45, 2.75) is 0 Å². The van der Waals surface area contributed by atoms with Crippen molar-refractivity contribution in [1.82, 2.24) is 0 Å². The second-order valence-electron chi connectivity index (χ2n) is 2.67. The maximum Gasteiger partial charge on any atom is 0.148 e. The van der Waals surface area contributed by atoms with Crippen LogP contribution >= 0.6 is 23.2 Å². The largest absolute Gasteiger partial charge is 0.508 e. The number of nitriles is 1. The van der Waals surface area contributed by atoms with Gasteiger partial charge in [0.2, 0.25) is 0 Å². The predicted molar refractivity (Wildman–Crippen MR) is 57.6 cm³/mol. The lowest BCUT2D eigenvalue weighted by molar-refractivity contribution is 0.347. The third kappa shape index (κ3) is 2.41. The summed E-state index contributed by atoms with van der Waals surface area (Å²) in [5.41, 5.74) is 0.0202. The number of halogens is 3. The second kappa shape index (κ2) is 5.01. The van der Waals surface area contributed by atoms with Crippen LogP contribution in [-0.4, -0.2) is 11.8 Å². The molecular weight excluding hydrogens is 240 g/mol. The zero-order valence-electron chi connectivity index (χ0n) is 7.47. The van der Waals surface area contributed by atoms with Crippen LogP contribution in [0.2, 0.25) is 10.0 Å². The minimum Gasteiger partial charge on any atom is -0.508 e. The van der Waals surface area contributed by atoms with Gasteiger partial charge in [-0.05, 0) is 6.07 Å². The van der Waals surface area contributed by atoms with Crippen LogP contribution in [0.15, 0.2) is 24.0 Å². The first-order chi connectivity index (χ1) is 7.11. The van der Waals surface area contributed by atoms with Crippen molar-refractivity contribution in [3.8, 4) is 6.07 Å². The molecule has 0 bridgehead atoms. The highest BCUT2D eigenvalue weighted by Crippen LogP contribution is 2.31. The van der Waals surface area contributed by atoms with E-state index in [4.69, 9.17) is 33.6 Å². The van der Waals surface area contributed by atoms with E-state index in [0.717, 1.165) is 0 Å². The zero-order chi connectivity index (χ0) is 11.4. The molecule has 1 aromatic rings. The molecule has 0 aromatic heterocycles. The van der Waals surface area contributed by atoms with Gasteiger partial charge < -0.3 is 5.11 Å². The summed E-state index contributed by atoms with van der Waals surface area (Å²) in [4.78, 5) is 0. The summed E-state index contributed by atoms with van der Waals surface area (Å²) in [6.07, 6.45) is 0. The smallest absolute Gasteiger partial charge is 0.148 e.